The van der Waals surface area contributed by atoms with Crippen LogP contribution < -0.4 is 0 Å². The molecule has 1 aromatic carbocycles. The molecule has 0 aromatic heterocycles. The average Bonchev–Trinajstić information content (AvgIpc) is 3.05. The smallest absolute Gasteiger partial charge is 0.333 e. The second-order valence-corrected chi connectivity index (χ2v) is 14.9. The molecule has 0 amide bonds. The average molecular weight is 593 g/mol. The first-order valence-electron chi connectivity index (χ1n) is 18.5. The maximum Gasteiger partial charge on any atom is 0.333 e. The van der Waals surface area contributed by atoms with E-state index in [1.807, 2.05) is 0 Å². The zero-order valence-electron chi connectivity index (χ0n) is 27.9. The lowest BCUT2D eigenvalue weighted by atomic mass is 9.64. The molecule has 3 fully saturated rings. The number of aliphatic hydroxyl groups is 1. The number of rotatable bonds is 16. The van der Waals surface area contributed by atoms with E-state index in [-0.39, 0.29) is 12.6 Å². The van der Waals surface area contributed by atoms with Gasteiger partial charge < -0.3 is 9.84 Å². The molecule has 0 bridgehead atoms. The van der Waals surface area contributed by atoms with Crippen LogP contribution in [0.2, 0.25) is 0 Å². The molecule has 3 nitrogen and oxygen atoms in total. The van der Waals surface area contributed by atoms with Crippen LogP contribution in [0.1, 0.15) is 165 Å². The molecule has 4 rings (SSSR count). The minimum Gasteiger partial charge on any atom is -0.462 e. The Morgan fingerprint density at radius 2 is 1.33 bits per heavy atom. The number of carbonyl (C=O) groups is 1. The fraction of sp³-hybridized carbons (Fsp3) is 0.775. The first-order chi connectivity index (χ1) is 21.0. The Morgan fingerprint density at radius 3 is 1.86 bits per heavy atom. The van der Waals surface area contributed by atoms with Crippen LogP contribution in [0.4, 0.5) is 0 Å². The van der Waals surface area contributed by atoms with Crippen molar-refractivity contribution in [3.8, 4) is 0 Å². The molecule has 0 spiro atoms. The van der Waals surface area contributed by atoms with E-state index in [9.17, 15) is 9.90 Å². The lowest BCUT2D eigenvalue weighted by molar-refractivity contribution is -0.139. The molecule has 43 heavy (non-hydrogen) atoms. The van der Waals surface area contributed by atoms with E-state index in [1.54, 1.807) is 6.92 Å². The van der Waals surface area contributed by atoms with Crippen LogP contribution in [0.5, 0.6) is 0 Å². The van der Waals surface area contributed by atoms with Gasteiger partial charge in [0.15, 0.2) is 0 Å². The van der Waals surface area contributed by atoms with Crippen LogP contribution in [-0.4, -0.2) is 24.3 Å². The van der Waals surface area contributed by atoms with Crippen LogP contribution in [-0.2, 0) is 9.53 Å². The van der Waals surface area contributed by atoms with Gasteiger partial charge in [0.2, 0.25) is 0 Å². The SMILES string of the molecule is C=C(C)C(=O)OCCCC(CCCO)c1ccc(C2CCC(C3CCC(C4CCC(CCCCC)CC4)CC3)CC2)cc1. The number of carbonyl (C=O) groups excluding carboxylic acids is 1. The Hall–Kier alpha value is -1.61. The number of unbranched alkanes of at least 4 members (excludes halogenated alkanes) is 2. The molecule has 0 aliphatic heterocycles. The Labute approximate surface area is 264 Å². The Balaban J connectivity index is 1.17. The van der Waals surface area contributed by atoms with Crippen molar-refractivity contribution in [1.82, 2.24) is 0 Å². The maximum absolute atomic E-state index is 11.7. The van der Waals surface area contributed by atoms with Gasteiger partial charge in [0.05, 0.1) is 6.61 Å². The summed E-state index contributed by atoms with van der Waals surface area (Å²) in [6.07, 6.45) is 27.1. The van der Waals surface area contributed by atoms with Crippen molar-refractivity contribution < 1.29 is 14.6 Å². The van der Waals surface area contributed by atoms with Gasteiger partial charge in [-0.25, -0.2) is 4.79 Å². The van der Waals surface area contributed by atoms with Gasteiger partial charge in [-0.15, -0.1) is 0 Å². The summed E-state index contributed by atoms with van der Waals surface area (Å²) < 4.78 is 5.31. The zero-order valence-corrected chi connectivity index (χ0v) is 27.9. The van der Waals surface area contributed by atoms with Crippen molar-refractivity contribution in [3.63, 3.8) is 0 Å². The quantitative estimate of drug-likeness (QED) is 0.118. The first kappa shape index (κ1) is 34.3. The van der Waals surface area contributed by atoms with E-state index in [0.717, 1.165) is 55.3 Å². The molecule has 3 aliphatic carbocycles. The van der Waals surface area contributed by atoms with E-state index in [4.69, 9.17) is 4.74 Å². The summed E-state index contributed by atoms with van der Waals surface area (Å²) in [5, 5.41) is 9.43. The van der Waals surface area contributed by atoms with Crippen LogP contribution in [0, 0.1) is 29.6 Å². The monoisotopic (exact) mass is 592 g/mol. The molecule has 242 valence electrons. The Bertz CT molecular complexity index is 927. The molecular weight excluding hydrogens is 528 g/mol. The molecule has 1 unspecified atom stereocenters. The largest absolute Gasteiger partial charge is 0.462 e. The molecule has 3 heteroatoms. The number of aliphatic hydroxyl groups excluding tert-OH is 1. The molecule has 1 atom stereocenters. The lowest BCUT2D eigenvalue weighted by Gasteiger charge is -2.41. The van der Waals surface area contributed by atoms with Crippen molar-refractivity contribution in [2.24, 2.45) is 29.6 Å². The summed E-state index contributed by atoms with van der Waals surface area (Å²) in [5.41, 5.74) is 3.33. The highest BCUT2D eigenvalue weighted by atomic mass is 16.5. The number of esters is 1. The standard InChI is InChI=1S/C40H64O3/c1-4-5-6-9-31-12-14-33(15-13-31)35-20-22-37(23-21-35)39-26-24-38(25-27-39)36-18-16-34(17-19-36)32(10-7-28-41)11-8-29-43-40(42)30(2)3/h16-19,31-33,35,37-39,41H,2,4-15,20-29H2,1,3H3. The van der Waals surface area contributed by atoms with E-state index >= 15 is 0 Å². The van der Waals surface area contributed by atoms with Crippen molar-refractivity contribution >= 4 is 5.97 Å². The Morgan fingerprint density at radius 1 is 0.791 bits per heavy atom. The van der Waals surface area contributed by atoms with Gasteiger partial charge in [-0.05, 0) is 149 Å². The Kier molecular flexibility index (Phi) is 14.6. The lowest BCUT2D eigenvalue weighted by Crippen LogP contribution is -2.29. The number of hydrogen-bond donors (Lipinski definition) is 1. The van der Waals surface area contributed by atoms with E-state index in [0.29, 0.717) is 24.0 Å². The van der Waals surface area contributed by atoms with Gasteiger partial charge in [0.1, 0.15) is 0 Å². The third kappa shape index (κ3) is 10.8. The predicted octanol–water partition coefficient (Wildman–Crippen LogP) is 10.9. The summed E-state index contributed by atoms with van der Waals surface area (Å²) in [6.45, 7) is 8.33. The maximum atomic E-state index is 11.7. The molecule has 1 N–H and O–H groups in total. The van der Waals surface area contributed by atoms with E-state index < -0.39 is 0 Å². The minimum absolute atomic E-state index is 0.227. The summed E-state index contributed by atoms with van der Waals surface area (Å²) in [4.78, 5) is 11.7. The highest BCUT2D eigenvalue weighted by molar-refractivity contribution is 5.86. The molecule has 0 radical (unpaired) electrons. The van der Waals surface area contributed by atoms with Gasteiger partial charge in [0.25, 0.3) is 0 Å². The normalized spacial score (nSPS) is 28.7. The number of ether oxygens (including phenoxy) is 1. The van der Waals surface area contributed by atoms with Gasteiger partial charge in [-0.1, -0.05) is 76.3 Å². The van der Waals surface area contributed by atoms with Crippen LogP contribution in [0.25, 0.3) is 0 Å². The molecule has 3 aliphatic rings. The predicted molar refractivity (Wildman–Crippen MR) is 180 cm³/mol. The highest BCUT2D eigenvalue weighted by Gasteiger charge is 2.35. The molecule has 0 saturated heterocycles. The molecule has 3 saturated carbocycles. The van der Waals surface area contributed by atoms with E-state index in [1.165, 1.54) is 114 Å². The topological polar surface area (TPSA) is 46.5 Å². The van der Waals surface area contributed by atoms with Crippen LogP contribution >= 0.6 is 0 Å². The summed E-state index contributed by atoms with van der Waals surface area (Å²) >= 11 is 0. The second-order valence-electron chi connectivity index (χ2n) is 14.9. The minimum atomic E-state index is -0.302. The molecule has 1 aromatic rings. The van der Waals surface area contributed by atoms with Crippen molar-refractivity contribution in [2.45, 2.75) is 154 Å². The zero-order chi connectivity index (χ0) is 30.4. The van der Waals surface area contributed by atoms with Gasteiger partial charge in [0, 0.05) is 12.2 Å². The number of benzene rings is 1. The summed E-state index contributed by atoms with van der Waals surface area (Å²) in [7, 11) is 0. The fourth-order valence-corrected chi connectivity index (χ4v) is 9.12. The number of hydrogen-bond acceptors (Lipinski definition) is 3. The second kappa shape index (κ2) is 18.4. The van der Waals surface area contributed by atoms with E-state index in [2.05, 4.69) is 37.8 Å². The van der Waals surface area contributed by atoms with Gasteiger partial charge >= 0.3 is 5.97 Å². The fourth-order valence-electron chi connectivity index (χ4n) is 9.12. The first-order valence-corrected chi connectivity index (χ1v) is 18.5. The summed E-state index contributed by atoms with van der Waals surface area (Å²) in [5.74, 6) is 5.90. The van der Waals surface area contributed by atoms with Gasteiger partial charge in [-0.3, -0.25) is 0 Å². The van der Waals surface area contributed by atoms with Gasteiger partial charge in [-0.2, -0.15) is 0 Å². The highest BCUT2D eigenvalue weighted by Crippen LogP contribution is 2.47. The van der Waals surface area contributed by atoms with Crippen molar-refractivity contribution in [3.05, 3.63) is 47.5 Å². The summed E-state index contributed by atoms with van der Waals surface area (Å²) in [6, 6.07) is 9.45. The van der Waals surface area contributed by atoms with Crippen molar-refractivity contribution in [2.75, 3.05) is 13.2 Å². The van der Waals surface area contributed by atoms with Crippen molar-refractivity contribution in [1.29, 1.82) is 0 Å². The third-order valence-corrected chi connectivity index (χ3v) is 11.9. The molecule has 0 heterocycles. The third-order valence-electron chi connectivity index (χ3n) is 11.9. The van der Waals surface area contributed by atoms with Crippen LogP contribution in [0.15, 0.2) is 36.4 Å². The molecular formula is C40H64O3. The van der Waals surface area contributed by atoms with Crippen LogP contribution in [0.3, 0.4) is 0 Å².